The number of nitrogens with zero attached hydrogens (tertiary/aromatic N) is 4. The summed E-state index contributed by atoms with van der Waals surface area (Å²) in [7, 11) is 1.35. The molecule has 154 valence electrons. The second-order valence-electron chi connectivity index (χ2n) is 6.27. The first-order valence-corrected chi connectivity index (χ1v) is 9.02. The van der Waals surface area contributed by atoms with Crippen molar-refractivity contribution in [2.45, 2.75) is 0 Å². The summed E-state index contributed by atoms with van der Waals surface area (Å²) in [5.74, 6) is 0.748. The first-order chi connectivity index (χ1) is 15.0. The lowest BCUT2D eigenvalue weighted by atomic mass is 10.2. The van der Waals surface area contributed by atoms with Gasteiger partial charge in [-0.25, -0.2) is 15.0 Å². The molecule has 0 spiro atoms. The standard InChI is InChI=1S/C21H15N5O5/c1-30-18-11-16-15(10-17(18)26(28)29)21(24-12-23-16)31-14-7-5-13(6-8-14)20(27)25-19-4-2-3-9-22-19/h2-12H,1H3,(H,22,25,27). The summed E-state index contributed by atoms with van der Waals surface area (Å²) in [6, 6.07) is 14.3. The van der Waals surface area contributed by atoms with E-state index in [1.807, 2.05) is 0 Å². The molecule has 0 aliphatic carbocycles. The number of rotatable bonds is 6. The van der Waals surface area contributed by atoms with E-state index < -0.39 is 4.92 Å². The fraction of sp³-hybridized carbons (Fsp3) is 0.0476. The van der Waals surface area contributed by atoms with Gasteiger partial charge in [0, 0.05) is 23.9 Å². The largest absolute Gasteiger partial charge is 0.490 e. The summed E-state index contributed by atoms with van der Waals surface area (Å²) in [5.41, 5.74) is 0.612. The number of methoxy groups -OCH3 is 1. The highest BCUT2D eigenvalue weighted by Gasteiger charge is 2.19. The number of anilines is 1. The first-order valence-electron chi connectivity index (χ1n) is 9.02. The Morgan fingerprint density at radius 1 is 1.06 bits per heavy atom. The molecule has 0 fully saturated rings. The second kappa shape index (κ2) is 8.41. The minimum atomic E-state index is -0.552. The molecule has 1 amide bonds. The van der Waals surface area contributed by atoms with Gasteiger partial charge in [0.1, 0.15) is 17.9 Å². The molecule has 10 heteroatoms. The van der Waals surface area contributed by atoms with Crippen LogP contribution in [0.15, 0.2) is 67.1 Å². The molecule has 0 unspecified atom stereocenters. The Hall–Kier alpha value is -4.60. The van der Waals surface area contributed by atoms with Crippen molar-refractivity contribution >= 4 is 28.3 Å². The minimum Gasteiger partial charge on any atom is -0.490 e. The number of pyridine rings is 1. The molecule has 1 N–H and O–H groups in total. The van der Waals surface area contributed by atoms with Crippen LogP contribution in [-0.4, -0.2) is 32.9 Å². The average molecular weight is 417 g/mol. The van der Waals surface area contributed by atoms with Crippen LogP contribution in [0.5, 0.6) is 17.4 Å². The van der Waals surface area contributed by atoms with Gasteiger partial charge in [-0.2, -0.15) is 0 Å². The molecule has 2 aromatic heterocycles. The van der Waals surface area contributed by atoms with E-state index in [2.05, 4.69) is 20.3 Å². The fourth-order valence-electron chi connectivity index (χ4n) is 2.85. The third-order valence-electron chi connectivity index (χ3n) is 4.33. The van der Waals surface area contributed by atoms with Crippen LogP contribution in [0.3, 0.4) is 0 Å². The van der Waals surface area contributed by atoms with Crippen LogP contribution >= 0.6 is 0 Å². The van der Waals surface area contributed by atoms with Crippen LogP contribution in [0, 0.1) is 10.1 Å². The Kier molecular flexibility index (Phi) is 5.35. The van der Waals surface area contributed by atoms with Gasteiger partial charge in [0.15, 0.2) is 5.75 Å². The quantitative estimate of drug-likeness (QED) is 0.368. The molecule has 0 radical (unpaired) electrons. The highest BCUT2D eigenvalue weighted by Crippen LogP contribution is 2.35. The number of fused-ring (bicyclic) bond motifs is 1. The average Bonchev–Trinajstić information content (AvgIpc) is 2.79. The van der Waals surface area contributed by atoms with Gasteiger partial charge in [-0.3, -0.25) is 14.9 Å². The van der Waals surface area contributed by atoms with Crippen molar-refractivity contribution in [2.24, 2.45) is 0 Å². The molecule has 10 nitrogen and oxygen atoms in total. The van der Waals surface area contributed by atoms with E-state index in [1.54, 1.807) is 48.7 Å². The van der Waals surface area contributed by atoms with Gasteiger partial charge in [0.2, 0.25) is 5.88 Å². The zero-order valence-corrected chi connectivity index (χ0v) is 16.2. The maximum absolute atomic E-state index is 12.3. The maximum atomic E-state index is 12.3. The van der Waals surface area contributed by atoms with Crippen LogP contribution in [0.4, 0.5) is 11.5 Å². The van der Waals surface area contributed by atoms with Crippen LogP contribution in [-0.2, 0) is 0 Å². The Labute approximate surface area is 175 Å². The van der Waals surface area contributed by atoms with E-state index in [9.17, 15) is 14.9 Å². The van der Waals surface area contributed by atoms with Crippen LogP contribution in [0.25, 0.3) is 10.9 Å². The monoisotopic (exact) mass is 417 g/mol. The molecule has 31 heavy (non-hydrogen) atoms. The van der Waals surface area contributed by atoms with Gasteiger partial charge in [-0.1, -0.05) is 6.07 Å². The molecule has 0 bridgehead atoms. The number of nitro benzene ring substituents is 1. The van der Waals surface area contributed by atoms with Gasteiger partial charge < -0.3 is 14.8 Å². The molecule has 2 heterocycles. The molecule has 0 aliphatic rings. The molecule has 4 rings (SSSR count). The summed E-state index contributed by atoms with van der Waals surface area (Å²) < 4.78 is 10.9. The predicted molar refractivity (Wildman–Crippen MR) is 111 cm³/mol. The smallest absolute Gasteiger partial charge is 0.311 e. The summed E-state index contributed by atoms with van der Waals surface area (Å²) in [6.45, 7) is 0. The number of hydrogen-bond donors (Lipinski definition) is 1. The molecular formula is C21H15N5O5. The number of ether oxygens (including phenoxy) is 2. The van der Waals surface area contributed by atoms with E-state index in [1.165, 1.54) is 25.6 Å². The zero-order chi connectivity index (χ0) is 21.8. The van der Waals surface area contributed by atoms with Crippen molar-refractivity contribution in [3.05, 3.63) is 82.8 Å². The highest BCUT2D eigenvalue weighted by molar-refractivity contribution is 6.03. The number of carbonyl (C=O) groups excluding carboxylic acids is 1. The normalized spacial score (nSPS) is 10.5. The number of amides is 1. The van der Waals surface area contributed by atoms with E-state index >= 15 is 0 Å². The highest BCUT2D eigenvalue weighted by atomic mass is 16.6. The van der Waals surface area contributed by atoms with Crippen molar-refractivity contribution in [2.75, 3.05) is 12.4 Å². The van der Waals surface area contributed by atoms with Crippen LogP contribution in [0.1, 0.15) is 10.4 Å². The van der Waals surface area contributed by atoms with E-state index in [0.717, 1.165) is 0 Å². The Morgan fingerprint density at radius 3 is 2.55 bits per heavy atom. The topological polar surface area (TPSA) is 129 Å². The Morgan fingerprint density at radius 2 is 1.87 bits per heavy atom. The summed E-state index contributed by atoms with van der Waals surface area (Å²) >= 11 is 0. The number of carbonyl (C=O) groups is 1. The van der Waals surface area contributed by atoms with E-state index in [-0.39, 0.29) is 23.2 Å². The van der Waals surface area contributed by atoms with Crippen molar-refractivity contribution in [3.8, 4) is 17.4 Å². The molecule has 0 atom stereocenters. The minimum absolute atomic E-state index is 0.0884. The molecule has 4 aromatic rings. The SMILES string of the molecule is COc1cc2ncnc(Oc3ccc(C(=O)Nc4ccccn4)cc3)c2cc1[N+](=O)[O-]. The second-order valence-corrected chi connectivity index (χ2v) is 6.27. The van der Waals surface area contributed by atoms with Gasteiger partial charge in [-0.05, 0) is 36.4 Å². The Bertz CT molecular complexity index is 1260. The number of nitrogens with one attached hydrogen (secondary N) is 1. The van der Waals surface area contributed by atoms with Crippen molar-refractivity contribution in [3.63, 3.8) is 0 Å². The summed E-state index contributed by atoms with van der Waals surface area (Å²) in [6.07, 6.45) is 2.87. The number of benzene rings is 2. The van der Waals surface area contributed by atoms with E-state index in [0.29, 0.717) is 28.0 Å². The van der Waals surface area contributed by atoms with Crippen molar-refractivity contribution in [1.82, 2.24) is 15.0 Å². The fourth-order valence-corrected chi connectivity index (χ4v) is 2.85. The third kappa shape index (κ3) is 4.22. The van der Waals surface area contributed by atoms with Crippen LogP contribution < -0.4 is 14.8 Å². The maximum Gasteiger partial charge on any atom is 0.311 e. The van der Waals surface area contributed by atoms with Gasteiger partial charge in [0.05, 0.1) is 22.9 Å². The number of hydrogen-bond acceptors (Lipinski definition) is 8. The third-order valence-corrected chi connectivity index (χ3v) is 4.33. The molecular weight excluding hydrogens is 402 g/mol. The lowest BCUT2D eigenvalue weighted by Gasteiger charge is -2.09. The molecule has 0 saturated heterocycles. The lowest BCUT2D eigenvalue weighted by molar-refractivity contribution is -0.385. The summed E-state index contributed by atoms with van der Waals surface area (Å²) in [4.78, 5) is 35.4. The van der Waals surface area contributed by atoms with E-state index in [4.69, 9.17) is 9.47 Å². The molecule has 2 aromatic carbocycles. The van der Waals surface area contributed by atoms with Crippen LogP contribution in [0.2, 0.25) is 0 Å². The molecule has 0 saturated carbocycles. The van der Waals surface area contributed by atoms with Crippen molar-refractivity contribution in [1.29, 1.82) is 0 Å². The summed E-state index contributed by atoms with van der Waals surface area (Å²) in [5, 5.41) is 14.4. The number of nitro groups is 1. The Balaban J connectivity index is 1.58. The lowest BCUT2D eigenvalue weighted by Crippen LogP contribution is -2.12. The molecule has 0 aliphatic heterocycles. The number of aromatic nitrogens is 3. The zero-order valence-electron chi connectivity index (χ0n) is 16.2. The predicted octanol–water partition coefficient (Wildman–Crippen LogP) is 3.99. The van der Waals surface area contributed by atoms with Gasteiger partial charge in [0.25, 0.3) is 5.91 Å². The van der Waals surface area contributed by atoms with Gasteiger partial charge in [-0.15, -0.1) is 0 Å². The first kappa shape index (κ1) is 19.7. The van der Waals surface area contributed by atoms with Crippen molar-refractivity contribution < 1.29 is 19.2 Å². The van der Waals surface area contributed by atoms with Gasteiger partial charge >= 0.3 is 5.69 Å².